The van der Waals surface area contributed by atoms with E-state index in [1.807, 2.05) is 37.3 Å². The first-order valence-electron chi connectivity index (χ1n) is 9.10. The second kappa shape index (κ2) is 8.14. The molecule has 0 atom stereocenters. The SMILES string of the molecule is COc1cc(-c2noc(-c3ccccc3C)n2)ccc1OCc1ccccc1F. The molecule has 0 aliphatic heterocycles. The Labute approximate surface area is 167 Å². The van der Waals surface area contributed by atoms with Gasteiger partial charge >= 0.3 is 0 Å². The van der Waals surface area contributed by atoms with E-state index in [0.717, 1.165) is 16.7 Å². The number of nitrogens with zero attached hydrogens (tertiary/aromatic N) is 2. The third-order valence-electron chi connectivity index (χ3n) is 4.56. The van der Waals surface area contributed by atoms with Crippen LogP contribution in [-0.4, -0.2) is 17.3 Å². The van der Waals surface area contributed by atoms with Crippen LogP contribution in [0.15, 0.2) is 71.3 Å². The van der Waals surface area contributed by atoms with Gasteiger partial charge in [0, 0.05) is 16.7 Å². The summed E-state index contributed by atoms with van der Waals surface area (Å²) in [7, 11) is 1.55. The summed E-state index contributed by atoms with van der Waals surface area (Å²) in [5.74, 6) is 1.60. The van der Waals surface area contributed by atoms with Crippen LogP contribution in [0, 0.1) is 12.7 Å². The van der Waals surface area contributed by atoms with Crippen LogP contribution >= 0.6 is 0 Å². The van der Waals surface area contributed by atoms with Crippen molar-refractivity contribution >= 4 is 0 Å². The Morgan fingerprint density at radius 3 is 2.55 bits per heavy atom. The van der Waals surface area contributed by atoms with Crippen molar-refractivity contribution in [2.75, 3.05) is 7.11 Å². The predicted octanol–water partition coefficient (Wildman–Crippen LogP) is 5.44. The summed E-state index contributed by atoms with van der Waals surface area (Å²) in [6.07, 6.45) is 0. The van der Waals surface area contributed by atoms with Crippen LogP contribution in [0.25, 0.3) is 22.8 Å². The molecule has 1 heterocycles. The van der Waals surface area contributed by atoms with Gasteiger partial charge in [0.05, 0.1) is 7.11 Å². The van der Waals surface area contributed by atoms with Crippen LogP contribution in [0.3, 0.4) is 0 Å². The topological polar surface area (TPSA) is 57.4 Å². The maximum Gasteiger partial charge on any atom is 0.258 e. The molecule has 0 radical (unpaired) electrons. The van der Waals surface area contributed by atoms with Crippen LogP contribution in [0.1, 0.15) is 11.1 Å². The fourth-order valence-corrected chi connectivity index (χ4v) is 2.96. The molecule has 6 heteroatoms. The Hall–Kier alpha value is -3.67. The average Bonchev–Trinajstić information content (AvgIpc) is 3.23. The minimum Gasteiger partial charge on any atom is -0.493 e. The molecule has 0 N–H and O–H groups in total. The summed E-state index contributed by atoms with van der Waals surface area (Å²) >= 11 is 0. The third-order valence-corrected chi connectivity index (χ3v) is 4.56. The van der Waals surface area contributed by atoms with Crippen LogP contribution in [0.2, 0.25) is 0 Å². The first kappa shape index (κ1) is 18.7. The van der Waals surface area contributed by atoms with Gasteiger partial charge in [0.25, 0.3) is 5.89 Å². The van der Waals surface area contributed by atoms with Crippen LogP contribution in [0.5, 0.6) is 11.5 Å². The highest BCUT2D eigenvalue weighted by molar-refractivity contribution is 5.64. The number of rotatable bonds is 6. The Morgan fingerprint density at radius 2 is 1.76 bits per heavy atom. The molecule has 0 bridgehead atoms. The molecule has 29 heavy (non-hydrogen) atoms. The van der Waals surface area contributed by atoms with E-state index in [0.29, 0.717) is 28.8 Å². The smallest absolute Gasteiger partial charge is 0.258 e. The summed E-state index contributed by atoms with van der Waals surface area (Å²) in [6.45, 7) is 2.09. The second-order valence-electron chi connectivity index (χ2n) is 6.48. The van der Waals surface area contributed by atoms with Gasteiger partial charge in [-0.1, -0.05) is 41.6 Å². The van der Waals surface area contributed by atoms with Crippen molar-refractivity contribution in [1.82, 2.24) is 10.1 Å². The molecule has 3 aromatic carbocycles. The number of hydrogen-bond acceptors (Lipinski definition) is 5. The van der Waals surface area contributed by atoms with Gasteiger partial charge in [0.1, 0.15) is 12.4 Å². The minimum atomic E-state index is -0.307. The molecule has 1 aromatic heterocycles. The third kappa shape index (κ3) is 3.96. The van der Waals surface area contributed by atoms with Crippen molar-refractivity contribution in [3.8, 4) is 34.3 Å². The van der Waals surface area contributed by atoms with Gasteiger partial charge < -0.3 is 14.0 Å². The molecule has 4 aromatic rings. The highest BCUT2D eigenvalue weighted by Crippen LogP contribution is 2.33. The van der Waals surface area contributed by atoms with Crippen molar-refractivity contribution in [3.63, 3.8) is 0 Å². The Balaban J connectivity index is 1.57. The number of ether oxygens (including phenoxy) is 2. The van der Waals surface area contributed by atoms with E-state index in [-0.39, 0.29) is 12.4 Å². The zero-order chi connectivity index (χ0) is 20.2. The van der Waals surface area contributed by atoms with Gasteiger partial charge in [0.15, 0.2) is 11.5 Å². The fraction of sp³-hybridized carbons (Fsp3) is 0.130. The first-order valence-corrected chi connectivity index (χ1v) is 9.10. The second-order valence-corrected chi connectivity index (χ2v) is 6.48. The zero-order valence-corrected chi connectivity index (χ0v) is 16.1. The molecule has 4 rings (SSSR count). The first-order chi connectivity index (χ1) is 14.2. The van der Waals surface area contributed by atoms with Gasteiger partial charge in [-0.15, -0.1) is 0 Å². The number of aryl methyl sites for hydroxylation is 1. The molecule has 0 aliphatic carbocycles. The van der Waals surface area contributed by atoms with Crippen molar-refractivity contribution in [2.45, 2.75) is 13.5 Å². The van der Waals surface area contributed by atoms with Crippen molar-refractivity contribution in [2.24, 2.45) is 0 Å². The Morgan fingerprint density at radius 1 is 0.966 bits per heavy atom. The van der Waals surface area contributed by atoms with Gasteiger partial charge in [-0.25, -0.2) is 4.39 Å². The van der Waals surface area contributed by atoms with Gasteiger partial charge in [0.2, 0.25) is 5.82 Å². The molecule has 0 saturated carbocycles. The average molecular weight is 390 g/mol. The van der Waals surface area contributed by atoms with Crippen LogP contribution in [0.4, 0.5) is 4.39 Å². The fourth-order valence-electron chi connectivity index (χ4n) is 2.96. The molecule has 0 fully saturated rings. The molecule has 0 amide bonds. The number of aromatic nitrogens is 2. The molecule has 0 unspecified atom stereocenters. The molecule has 146 valence electrons. The largest absolute Gasteiger partial charge is 0.493 e. The van der Waals surface area contributed by atoms with Crippen LogP contribution < -0.4 is 9.47 Å². The summed E-state index contributed by atoms with van der Waals surface area (Å²) in [5.41, 5.74) is 3.14. The maximum atomic E-state index is 13.8. The maximum absolute atomic E-state index is 13.8. The van der Waals surface area contributed by atoms with E-state index in [2.05, 4.69) is 10.1 Å². The van der Waals surface area contributed by atoms with Crippen LogP contribution in [-0.2, 0) is 6.61 Å². The van der Waals surface area contributed by atoms with Crippen molar-refractivity contribution in [3.05, 3.63) is 83.7 Å². The van der Waals surface area contributed by atoms with E-state index < -0.39 is 0 Å². The van der Waals surface area contributed by atoms with E-state index in [9.17, 15) is 4.39 Å². The Kier molecular flexibility index (Phi) is 5.24. The lowest BCUT2D eigenvalue weighted by molar-refractivity contribution is 0.280. The highest BCUT2D eigenvalue weighted by atomic mass is 19.1. The van der Waals surface area contributed by atoms with E-state index in [4.69, 9.17) is 14.0 Å². The van der Waals surface area contributed by atoms with Crippen molar-refractivity contribution < 1.29 is 18.4 Å². The van der Waals surface area contributed by atoms with E-state index >= 15 is 0 Å². The summed E-state index contributed by atoms with van der Waals surface area (Å²) in [4.78, 5) is 4.50. The zero-order valence-electron chi connectivity index (χ0n) is 16.1. The number of halogens is 1. The van der Waals surface area contributed by atoms with Gasteiger partial charge in [-0.3, -0.25) is 0 Å². The number of hydrogen-bond donors (Lipinski definition) is 0. The van der Waals surface area contributed by atoms with Gasteiger partial charge in [-0.05, 0) is 42.8 Å². The molecule has 0 aliphatic rings. The molecule has 0 spiro atoms. The quantitative estimate of drug-likeness (QED) is 0.439. The lowest BCUT2D eigenvalue weighted by atomic mass is 10.1. The molecule has 5 nitrogen and oxygen atoms in total. The predicted molar refractivity (Wildman–Crippen MR) is 107 cm³/mol. The molecular formula is C23H19FN2O3. The number of benzene rings is 3. The normalized spacial score (nSPS) is 10.7. The monoisotopic (exact) mass is 390 g/mol. The summed E-state index contributed by atoms with van der Waals surface area (Å²) < 4.78 is 30.4. The van der Waals surface area contributed by atoms with E-state index in [1.165, 1.54) is 6.07 Å². The van der Waals surface area contributed by atoms with Crippen molar-refractivity contribution in [1.29, 1.82) is 0 Å². The summed E-state index contributed by atoms with van der Waals surface area (Å²) in [5, 5.41) is 4.08. The highest BCUT2D eigenvalue weighted by Gasteiger charge is 2.15. The lowest BCUT2D eigenvalue weighted by Gasteiger charge is -2.11. The minimum absolute atomic E-state index is 0.0992. The van der Waals surface area contributed by atoms with Gasteiger partial charge in [-0.2, -0.15) is 4.98 Å². The molecule has 0 saturated heterocycles. The summed E-state index contributed by atoms with van der Waals surface area (Å²) in [6, 6.07) is 19.6. The standard InChI is InChI=1S/C23H19FN2O3/c1-15-7-3-5-9-18(15)23-25-22(26-29-23)16-11-12-20(21(13-16)27-2)28-14-17-8-4-6-10-19(17)24/h3-13H,14H2,1-2H3. The molecular weight excluding hydrogens is 371 g/mol. The number of methoxy groups -OCH3 is 1. The lowest BCUT2D eigenvalue weighted by Crippen LogP contribution is -2.00. The Bertz CT molecular complexity index is 1140. The van der Waals surface area contributed by atoms with E-state index in [1.54, 1.807) is 37.4 Å².